The van der Waals surface area contributed by atoms with E-state index in [1.54, 1.807) is 0 Å². The third-order valence-corrected chi connectivity index (χ3v) is 2.01. The van der Waals surface area contributed by atoms with Gasteiger partial charge >= 0.3 is 5.97 Å². The van der Waals surface area contributed by atoms with Crippen molar-refractivity contribution in [2.24, 2.45) is 0 Å². The first-order chi connectivity index (χ1) is 9.19. The SMILES string of the molecule is C/C(=C\C(=O)NC(C)(C)C)OC(=O)c1nccnc1N. The second-order valence-corrected chi connectivity index (χ2v) is 5.17. The smallest absolute Gasteiger partial charge is 0.365 e. The molecule has 20 heavy (non-hydrogen) atoms. The van der Waals surface area contributed by atoms with Crippen molar-refractivity contribution in [1.82, 2.24) is 15.3 Å². The average molecular weight is 278 g/mol. The summed E-state index contributed by atoms with van der Waals surface area (Å²) in [6, 6.07) is 0. The molecule has 0 bridgehead atoms. The molecule has 0 unspecified atom stereocenters. The number of carbonyl (C=O) groups is 2. The van der Waals surface area contributed by atoms with Crippen LogP contribution in [0, 0.1) is 0 Å². The van der Waals surface area contributed by atoms with Crippen LogP contribution in [0.3, 0.4) is 0 Å². The fraction of sp³-hybridized carbons (Fsp3) is 0.385. The van der Waals surface area contributed by atoms with Crippen molar-refractivity contribution in [2.75, 3.05) is 5.73 Å². The topological polar surface area (TPSA) is 107 Å². The molecule has 1 amide bonds. The van der Waals surface area contributed by atoms with Gasteiger partial charge in [0.05, 0.1) is 0 Å². The Morgan fingerprint density at radius 1 is 1.30 bits per heavy atom. The van der Waals surface area contributed by atoms with Crippen molar-refractivity contribution in [1.29, 1.82) is 0 Å². The van der Waals surface area contributed by atoms with Crippen LogP contribution >= 0.6 is 0 Å². The van der Waals surface area contributed by atoms with E-state index in [0.717, 1.165) is 0 Å². The monoisotopic (exact) mass is 278 g/mol. The molecule has 3 N–H and O–H groups in total. The van der Waals surface area contributed by atoms with Crippen LogP contribution in [-0.4, -0.2) is 27.4 Å². The van der Waals surface area contributed by atoms with E-state index in [2.05, 4.69) is 15.3 Å². The second-order valence-electron chi connectivity index (χ2n) is 5.17. The van der Waals surface area contributed by atoms with Crippen LogP contribution in [-0.2, 0) is 9.53 Å². The largest absolute Gasteiger partial charge is 0.426 e. The zero-order chi connectivity index (χ0) is 15.3. The maximum atomic E-state index is 11.8. The number of amides is 1. The Morgan fingerprint density at radius 3 is 2.45 bits per heavy atom. The van der Waals surface area contributed by atoms with Gasteiger partial charge in [-0.2, -0.15) is 0 Å². The summed E-state index contributed by atoms with van der Waals surface area (Å²) in [4.78, 5) is 30.9. The normalized spacial score (nSPS) is 11.9. The van der Waals surface area contributed by atoms with Gasteiger partial charge in [0.2, 0.25) is 5.91 Å². The minimum absolute atomic E-state index is 0.0237. The van der Waals surface area contributed by atoms with E-state index < -0.39 is 5.97 Å². The first-order valence-corrected chi connectivity index (χ1v) is 5.98. The number of carbonyl (C=O) groups excluding carboxylic acids is 2. The number of nitrogens with one attached hydrogen (secondary N) is 1. The number of nitrogens with two attached hydrogens (primary N) is 1. The minimum Gasteiger partial charge on any atom is -0.426 e. The van der Waals surface area contributed by atoms with Crippen molar-refractivity contribution in [3.63, 3.8) is 0 Å². The summed E-state index contributed by atoms with van der Waals surface area (Å²) in [5.74, 6) is -0.992. The fourth-order valence-electron chi connectivity index (χ4n) is 1.32. The fourth-order valence-corrected chi connectivity index (χ4v) is 1.32. The Labute approximate surface area is 117 Å². The van der Waals surface area contributed by atoms with Crippen LogP contribution in [0.1, 0.15) is 38.2 Å². The second kappa shape index (κ2) is 6.14. The molecule has 7 heteroatoms. The molecule has 0 fully saturated rings. The molecule has 0 radical (unpaired) electrons. The summed E-state index contributed by atoms with van der Waals surface area (Å²) in [6.07, 6.45) is 3.89. The standard InChI is InChI=1S/C13H18N4O3/c1-8(7-9(18)17-13(2,3)4)20-12(19)10-11(14)16-6-5-15-10/h5-7H,1-4H3,(H2,14,16)(H,17,18)/b8-7+. The van der Waals surface area contributed by atoms with Crippen molar-refractivity contribution in [3.8, 4) is 0 Å². The van der Waals surface area contributed by atoms with Crippen LogP contribution in [0.5, 0.6) is 0 Å². The highest BCUT2D eigenvalue weighted by molar-refractivity contribution is 5.93. The Morgan fingerprint density at radius 2 is 1.90 bits per heavy atom. The molecular formula is C13H18N4O3. The van der Waals surface area contributed by atoms with E-state index >= 15 is 0 Å². The van der Waals surface area contributed by atoms with E-state index in [0.29, 0.717) is 0 Å². The Kier molecular flexibility index (Phi) is 4.79. The molecule has 108 valence electrons. The first kappa shape index (κ1) is 15.6. The number of ether oxygens (including phenoxy) is 1. The average Bonchev–Trinajstić information content (AvgIpc) is 2.25. The lowest BCUT2D eigenvalue weighted by atomic mass is 10.1. The van der Waals surface area contributed by atoms with Crippen LogP contribution in [0.2, 0.25) is 0 Å². The molecule has 0 aliphatic rings. The number of esters is 1. The molecule has 1 aromatic rings. The molecule has 0 atom stereocenters. The summed E-state index contributed by atoms with van der Waals surface area (Å²) in [5.41, 5.74) is 5.05. The van der Waals surface area contributed by atoms with Gasteiger partial charge in [0, 0.05) is 24.0 Å². The predicted molar refractivity (Wildman–Crippen MR) is 73.5 cm³/mol. The summed E-state index contributed by atoms with van der Waals surface area (Å²) in [7, 11) is 0. The molecule has 0 spiro atoms. The van der Waals surface area contributed by atoms with Crippen LogP contribution in [0.15, 0.2) is 24.2 Å². The van der Waals surface area contributed by atoms with Gasteiger partial charge < -0.3 is 15.8 Å². The highest BCUT2D eigenvalue weighted by Gasteiger charge is 2.16. The predicted octanol–water partition coefficient (Wildman–Crippen LogP) is 1.03. The lowest BCUT2D eigenvalue weighted by Gasteiger charge is -2.19. The molecule has 0 aromatic carbocycles. The van der Waals surface area contributed by atoms with Gasteiger partial charge in [-0.15, -0.1) is 0 Å². The summed E-state index contributed by atoms with van der Waals surface area (Å²) in [5, 5.41) is 2.72. The Hall–Kier alpha value is -2.44. The molecule has 0 aliphatic heterocycles. The summed E-state index contributed by atoms with van der Waals surface area (Å²) in [6.45, 7) is 7.04. The van der Waals surface area contributed by atoms with E-state index in [1.807, 2.05) is 20.8 Å². The third-order valence-electron chi connectivity index (χ3n) is 2.01. The van der Waals surface area contributed by atoms with Gasteiger partial charge in [-0.1, -0.05) is 0 Å². The maximum absolute atomic E-state index is 11.8. The summed E-state index contributed by atoms with van der Waals surface area (Å²) < 4.78 is 4.98. The Bertz CT molecular complexity index is 547. The molecular weight excluding hydrogens is 260 g/mol. The van der Waals surface area contributed by atoms with Crippen molar-refractivity contribution < 1.29 is 14.3 Å². The maximum Gasteiger partial charge on any atom is 0.365 e. The lowest BCUT2D eigenvalue weighted by molar-refractivity contribution is -0.117. The van der Waals surface area contributed by atoms with Gasteiger partial charge in [0.15, 0.2) is 11.5 Å². The molecule has 0 saturated carbocycles. The van der Waals surface area contributed by atoms with Gasteiger partial charge in [0.25, 0.3) is 0 Å². The van der Waals surface area contributed by atoms with E-state index in [-0.39, 0.29) is 28.7 Å². The van der Waals surface area contributed by atoms with E-state index in [1.165, 1.54) is 25.4 Å². The molecule has 0 aliphatic carbocycles. The zero-order valence-electron chi connectivity index (χ0n) is 11.9. The van der Waals surface area contributed by atoms with E-state index in [4.69, 9.17) is 10.5 Å². The number of hydrogen-bond acceptors (Lipinski definition) is 6. The van der Waals surface area contributed by atoms with Gasteiger partial charge in [0.1, 0.15) is 5.76 Å². The number of anilines is 1. The number of hydrogen-bond donors (Lipinski definition) is 2. The van der Waals surface area contributed by atoms with Crippen molar-refractivity contribution >= 4 is 17.7 Å². The molecule has 7 nitrogen and oxygen atoms in total. The number of nitrogen functional groups attached to an aromatic ring is 1. The van der Waals surface area contributed by atoms with Crippen molar-refractivity contribution in [2.45, 2.75) is 33.2 Å². The quantitative estimate of drug-likeness (QED) is 0.486. The number of rotatable bonds is 3. The van der Waals surface area contributed by atoms with Crippen molar-refractivity contribution in [3.05, 3.63) is 29.9 Å². The third kappa shape index (κ3) is 5.05. The molecule has 0 saturated heterocycles. The molecule has 1 aromatic heterocycles. The number of allylic oxidation sites excluding steroid dienone is 1. The Balaban J connectivity index is 2.71. The van der Waals surface area contributed by atoms with Gasteiger partial charge in [-0.05, 0) is 27.7 Å². The summed E-state index contributed by atoms with van der Waals surface area (Å²) >= 11 is 0. The van der Waals surface area contributed by atoms with E-state index in [9.17, 15) is 9.59 Å². The first-order valence-electron chi connectivity index (χ1n) is 5.98. The molecule has 1 rings (SSSR count). The van der Waals surface area contributed by atoms with Crippen LogP contribution in [0.25, 0.3) is 0 Å². The lowest BCUT2D eigenvalue weighted by Crippen LogP contribution is -2.39. The zero-order valence-corrected chi connectivity index (χ0v) is 11.9. The minimum atomic E-state index is -0.757. The van der Waals surface area contributed by atoms with Gasteiger partial charge in [-0.3, -0.25) is 4.79 Å². The van der Waals surface area contributed by atoms with Crippen LogP contribution in [0.4, 0.5) is 5.82 Å². The molecule has 1 heterocycles. The highest BCUT2D eigenvalue weighted by atomic mass is 16.5. The number of aromatic nitrogens is 2. The number of nitrogens with zero attached hydrogens (tertiary/aromatic N) is 2. The van der Waals surface area contributed by atoms with Gasteiger partial charge in [-0.25, -0.2) is 14.8 Å². The highest BCUT2D eigenvalue weighted by Crippen LogP contribution is 2.08. The van der Waals surface area contributed by atoms with Crippen LogP contribution < -0.4 is 11.1 Å².